The number of ether oxygens (including phenoxy) is 3. The summed E-state index contributed by atoms with van der Waals surface area (Å²) in [6.45, 7) is 0.0644. The van der Waals surface area contributed by atoms with E-state index in [1.54, 1.807) is 0 Å². The smallest absolute Gasteiger partial charge is 0.424 e. The normalized spacial score (nSPS) is 18.0. The van der Waals surface area contributed by atoms with Gasteiger partial charge in [-0.05, 0) is 55.5 Å². The van der Waals surface area contributed by atoms with E-state index in [1.165, 1.54) is 26.2 Å². The summed E-state index contributed by atoms with van der Waals surface area (Å²) in [7, 11) is -2.81. The van der Waals surface area contributed by atoms with Gasteiger partial charge in [0.15, 0.2) is 17.2 Å². The van der Waals surface area contributed by atoms with Crippen LogP contribution >= 0.6 is 0 Å². The van der Waals surface area contributed by atoms with E-state index < -0.39 is 57.2 Å². The van der Waals surface area contributed by atoms with Crippen molar-refractivity contribution in [1.29, 1.82) is 0 Å². The summed E-state index contributed by atoms with van der Waals surface area (Å²) < 4.78 is 95.1. The van der Waals surface area contributed by atoms with Crippen LogP contribution in [-0.2, 0) is 21.2 Å². The van der Waals surface area contributed by atoms with Crippen LogP contribution < -0.4 is 30.4 Å². The van der Waals surface area contributed by atoms with E-state index in [4.69, 9.17) is 25.1 Å². The fourth-order valence-corrected chi connectivity index (χ4v) is 4.43. The van der Waals surface area contributed by atoms with Crippen LogP contribution in [0.2, 0.25) is 0 Å². The predicted molar refractivity (Wildman–Crippen MR) is 141 cm³/mol. The van der Waals surface area contributed by atoms with Crippen molar-refractivity contribution in [2.24, 2.45) is 10.9 Å². The Hall–Kier alpha value is -3.99. The van der Waals surface area contributed by atoms with Gasteiger partial charge >= 0.3 is 6.18 Å². The number of amides is 1. The quantitative estimate of drug-likeness (QED) is 0.264. The average molecular weight is 615 g/mol. The Morgan fingerprint density at radius 2 is 1.83 bits per heavy atom. The van der Waals surface area contributed by atoms with Crippen LogP contribution in [0.4, 0.5) is 17.6 Å². The summed E-state index contributed by atoms with van der Waals surface area (Å²) in [5.74, 6) is -2.65. The molecule has 0 fully saturated rings. The van der Waals surface area contributed by atoms with Crippen LogP contribution in [0.3, 0.4) is 0 Å². The molecule has 0 saturated carbocycles. The second kappa shape index (κ2) is 11.0. The van der Waals surface area contributed by atoms with Gasteiger partial charge in [0.2, 0.25) is 21.6 Å². The first kappa shape index (κ1) is 31.0. The molecule has 16 heteroatoms. The van der Waals surface area contributed by atoms with Crippen molar-refractivity contribution in [2.45, 2.75) is 24.2 Å². The van der Waals surface area contributed by atoms with Crippen LogP contribution in [0, 0.1) is 5.82 Å². The molecule has 1 aromatic heterocycles. The minimum absolute atomic E-state index is 0.0840. The van der Waals surface area contributed by atoms with E-state index in [0.29, 0.717) is 0 Å². The molecule has 0 saturated heterocycles. The van der Waals surface area contributed by atoms with Crippen LogP contribution in [0.25, 0.3) is 11.3 Å². The van der Waals surface area contributed by atoms with E-state index in [2.05, 4.69) is 10.3 Å². The number of nitrogens with zero attached hydrogens (tertiary/aromatic N) is 1. The van der Waals surface area contributed by atoms with Gasteiger partial charge in [0.25, 0.3) is 5.91 Å². The highest BCUT2D eigenvalue weighted by Gasteiger charge is 2.57. The van der Waals surface area contributed by atoms with E-state index in [1.807, 2.05) is 0 Å². The molecule has 1 amide bonds. The molecule has 3 aromatic rings. The first-order valence-electron chi connectivity index (χ1n) is 12.1. The number of hydrogen-bond donors (Lipinski definition) is 4. The summed E-state index contributed by atoms with van der Waals surface area (Å²) in [5, 5.41) is 18.0. The molecule has 0 radical (unpaired) electrons. The van der Waals surface area contributed by atoms with Crippen molar-refractivity contribution < 1.29 is 50.1 Å². The lowest BCUT2D eigenvalue weighted by molar-refractivity contribution is -0.265. The molecule has 2 heterocycles. The maximum atomic E-state index is 14.5. The molecule has 1 aliphatic rings. The number of aromatic nitrogens is 1. The Labute approximate surface area is 237 Å². The van der Waals surface area contributed by atoms with Crippen molar-refractivity contribution in [2.75, 3.05) is 26.2 Å². The van der Waals surface area contributed by atoms with E-state index in [9.17, 15) is 35.9 Å². The molecule has 0 aliphatic carbocycles. The molecule has 1 aliphatic heterocycles. The average Bonchev–Trinajstić information content (AvgIpc) is 3.23. The molecule has 226 valence electrons. The number of primary sulfonamides is 1. The number of aliphatic hydroxyl groups is 1. The molecule has 0 spiro atoms. The lowest BCUT2D eigenvalue weighted by Crippen LogP contribution is -2.51. The van der Waals surface area contributed by atoms with Crippen LogP contribution in [0.5, 0.6) is 17.2 Å². The number of pyridine rings is 1. The third kappa shape index (κ3) is 6.25. The molecular formula is C26H26F4N4O7S. The Morgan fingerprint density at radius 1 is 1.17 bits per heavy atom. The topological polar surface area (TPSA) is 176 Å². The summed E-state index contributed by atoms with van der Waals surface area (Å²) in [5.41, 5.74) is 0.460. The number of nitrogens with two attached hydrogens (primary N) is 2. The van der Waals surface area contributed by atoms with E-state index in [-0.39, 0.29) is 46.2 Å². The number of rotatable bonds is 9. The standard InChI is InChI=1S/C26H26F4N4O7S/c1-24(31)12-40-22-17(24)10-20(34-21(22)14-3-6-16(27)7-4-14)25(36,26(28,29)30)11-33-23(35)15-5-8-18(19(9-15)39-2)41-13-42(32,37)38/h3-10,36H,11-13,31H2,1-2H3,(H,33,35)(H2,32,37,38). The molecule has 2 unspecified atom stereocenters. The number of sulfonamides is 1. The summed E-state index contributed by atoms with van der Waals surface area (Å²) in [6, 6.07) is 9.11. The van der Waals surface area contributed by atoms with E-state index in [0.717, 1.165) is 36.4 Å². The highest BCUT2D eigenvalue weighted by Crippen LogP contribution is 2.46. The summed E-state index contributed by atoms with van der Waals surface area (Å²) in [6.07, 6.45) is -5.34. The summed E-state index contributed by atoms with van der Waals surface area (Å²) in [4.78, 5) is 16.9. The van der Waals surface area contributed by atoms with Gasteiger partial charge in [-0.2, -0.15) is 13.2 Å². The zero-order chi connectivity index (χ0) is 31.1. The maximum absolute atomic E-state index is 14.5. The Bertz CT molecular complexity index is 1620. The summed E-state index contributed by atoms with van der Waals surface area (Å²) >= 11 is 0. The van der Waals surface area contributed by atoms with Crippen molar-refractivity contribution in [3.05, 3.63) is 71.2 Å². The van der Waals surface area contributed by atoms with Crippen LogP contribution in [-0.4, -0.2) is 56.8 Å². The van der Waals surface area contributed by atoms with Gasteiger partial charge in [-0.1, -0.05) is 0 Å². The fourth-order valence-electron chi connectivity index (χ4n) is 4.14. The van der Waals surface area contributed by atoms with Gasteiger partial charge in [0.05, 0.1) is 24.9 Å². The van der Waals surface area contributed by atoms with Crippen LogP contribution in [0.15, 0.2) is 48.5 Å². The van der Waals surface area contributed by atoms with Crippen molar-refractivity contribution >= 4 is 15.9 Å². The SMILES string of the molecule is COc1cc(C(=O)NCC(O)(c2cc3c(c(-c4ccc(F)cc4)n2)OCC3(C)N)C(F)(F)F)ccc1OCS(N)(=O)=O. The second-order valence-corrected chi connectivity index (χ2v) is 11.3. The van der Waals surface area contributed by atoms with Crippen LogP contribution in [0.1, 0.15) is 28.5 Å². The Morgan fingerprint density at radius 3 is 2.43 bits per heavy atom. The number of halogens is 4. The number of hydrogen-bond acceptors (Lipinski definition) is 9. The largest absolute Gasteiger partial charge is 0.493 e. The Balaban J connectivity index is 1.69. The lowest BCUT2D eigenvalue weighted by atomic mass is 9.89. The third-order valence-corrected chi connectivity index (χ3v) is 6.87. The number of carbonyl (C=O) groups excluding carboxylic acids is 1. The van der Waals surface area contributed by atoms with Crippen molar-refractivity contribution in [3.63, 3.8) is 0 Å². The zero-order valence-corrected chi connectivity index (χ0v) is 23.0. The second-order valence-electron chi connectivity index (χ2n) is 9.78. The minimum atomic E-state index is -5.34. The number of nitrogens with one attached hydrogen (secondary N) is 1. The van der Waals surface area contributed by atoms with Gasteiger partial charge < -0.3 is 30.4 Å². The van der Waals surface area contributed by atoms with Gasteiger partial charge in [-0.25, -0.2) is 22.9 Å². The minimum Gasteiger partial charge on any atom is -0.493 e. The molecule has 42 heavy (non-hydrogen) atoms. The molecule has 2 atom stereocenters. The first-order valence-corrected chi connectivity index (χ1v) is 13.8. The molecule has 2 aromatic carbocycles. The first-order chi connectivity index (χ1) is 19.4. The van der Waals surface area contributed by atoms with Gasteiger partial charge in [0.1, 0.15) is 18.1 Å². The number of carbonyl (C=O) groups is 1. The molecule has 0 bridgehead atoms. The molecule has 11 nitrogen and oxygen atoms in total. The molecular weight excluding hydrogens is 588 g/mol. The number of fused-ring (bicyclic) bond motifs is 1. The van der Waals surface area contributed by atoms with Gasteiger partial charge in [0, 0.05) is 16.7 Å². The van der Waals surface area contributed by atoms with Gasteiger partial charge in [-0.15, -0.1) is 0 Å². The number of alkyl halides is 3. The third-order valence-electron chi connectivity index (χ3n) is 6.42. The maximum Gasteiger partial charge on any atom is 0.424 e. The van der Waals surface area contributed by atoms with E-state index >= 15 is 0 Å². The lowest BCUT2D eigenvalue weighted by Gasteiger charge is -2.31. The highest BCUT2D eigenvalue weighted by molar-refractivity contribution is 7.88. The Kier molecular flexibility index (Phi) is 8.12. The molecule has 6 N–H and O–H groups in total. The monoisotopic (exact) mass is 614 g/mol. The number of benzene rings is 2. The number of methoxy groups -OCH3 is 1. The van der Waals surface area contributed by atoms with Crippen molar-refractivity contribution in [1.82, 2.24) is 10.3 Å². The molecule has 4 rings (SSSR count). The van der Waals surface area contributed by atoms with Crippen molar-refractivity contribution in [3.8, 4) is 28.5 Å². The predicted octanol–water partition coefficient (Wildman–Crippen LogP) is 2.27. The fraction of sp³-hybridized carbons (Fsp3) is 0.308. The highest BCUT2D eigenvalue weighted by atomic mass is 32.2. The zero-order valence-electron chi connectivity index (χ0n) is 22.2. The van der Waals surface area contributed by atoms with Gasteiger partial charge in [-0.3, -0.25) is 4.79 Å².